The van der Waals surface area contributed by atoms with E-state index in [0.717, 1.165) is 11.4 Å². The summed E-state index contributed by atoms with van der Waals surface area (Å²) in [7, 11) is 0. The van der Waals surface area contributed by atoms with Crippen molar-refractivity contribution < 1.29 is 0 Å². The minimum atomic E-state index is 0.0895. The topological polar surface area (TPSA) is 68.8 Å². The number of nitrogen functional groups attached to an aromatic ring is 1. The van der Waals surface area contributed by atoms with Crippen LogP contribution in [0.5, 0.6) is 0 Å². The maximum absolute atomic E-state index is 6.01. The molecule has 2 aromatic carbocycles. The van der Waals surface area contributed by atoms with Gasteiger partial charge in [-0.3, -0.25) is 0 Å². The van der Waals surface area contributed by atoms with E-state index in [1.54, 1.807) is 0 Å². The third kappa shape index (κ3) is 2.71. The first-order valence-electron chi connectivity index (χ1n) is 7.91. The summed E-state index contributed by atoms with van der Waals surface area (Å²) in [6.45, 7) is 2.10. The summed E-state index contributed by atoms with van der Waals surface area (Å²) >= 11 is 6.01. The molecular formula is C18H18ClN5. The molecule has 3 aromatic rings. The highest BCUT2D eigenvalue weighted by Crippen LogP contribution is 2.38. The molecule has 2 heterocycles. The van der Waals surface area contributed by atoms with E-state index in [0.29, 0.717) is 5.95 Å². The second-order valence-electron chi connectivity index (χ2n) is 6.15. The second kappa shape index (κ2) is 5.83. The SMILES string of the molecule is Cc1cccc([C@@H]2C[C@H](c3ccc(Cl)cc3)Nc3nc(N)nn32)c1. The van der Waals surface area contributed by atoms with Crippen LogP contribution in [0.1, 0.15) is 35.2 Å². The number of benzene rings is 2. The number of hydrogen-bond acceptors (Lipinski definition) is 4. The number of aryl methyl sites for hydroxylation is 1. The lowest BCUT2D eigenvalue weighted by atomic mass is 9.93. The Kier molecular flexibility index (Phi) is 3.65. The maximum Gasteiger partial charge on any atom is 0.241 e. The first-order chi connectivity index (χ1) is 11.6. The van der Waals surface area contributed by atoms with Crippen molar-refractivity contribution in [2.75, 3.05) is 11.1 Å². The summed E-state index contributed by atoms with van der Waals surface area (Å²) in [6.07, 6.45) is 0.862. The lowest BCUT2D eigenvalue weighted by Gasteiger charge is -2.31. The number of hydrogen-bond donors (Lipinski definition) is 2. The van der Waals surface area contributed by atoms with Crippen LogP contribution in [0.2, 0.25) is 5.02 Å². The van der Waals surface area contributed by atoms with Crippen molar-refractivity contribution in [1.29, 1.82) is 0 Å². The quantitative estimate of drug-likeness (QED) is 0.741. The molecule has 122 valence electrons. The van der Waals surface area contributed by atoms with E-state index in [1.165, 1.54) is 16.7 Å². The average molecular weight is 340 g/mol. The van der Waals surface area contributed by atoms with Crippen LogP contribution >= 0.6 is 11.6 Å². The van der Waals surface area contributed by atoms with Gasteiger partial charge in [-0.15, -0.1) is 5.10 Å². The molecule has 0 unspecified atom stereocenters. The van der Waals surface area contributed by atoms with E-state index in [1.807, 2.05) is 28.9 Å². The molecule has 0 fully saturated rings. The van der Waals surface area contributed by atoms with Gasteiger partial charge in [-0.05, 0) is 36.6 Å². The molecule has 1 aliphatic rings. The van der Waals surface area contributed by atoms with E-state index < -0.39 is 0 Å². The Morgan fingerprint density at radius 1 is 1.17 bits per heavy atom. The van der Waals surface area contributed by atoms with Gasteiger partial charge in [0.25, 0.3) is 0 Å². The van der Waals surface area contributed by atoms with Gasteiger partial charge < -0.3 is 11.1 Å². The summed E-state index contributed by atoms with van der Waals surface area (Å²) in [5, 5.41) is 8.55. The Morgan fingerprint density at radius 2 is 1.96 bits per heavy atom. The summed E-state index contributed by atoms with van der Waals surface area (Å²) in [5.41, 5.74) is 9.44. The maximum atomic E-state index is 6.01. The lowest BCUT2D eigenvalue weighted by molar-refractivity contribution is 0.431. The van der Waals surface area contributed by atoms with Crippen LogP contribution in [0.3, 0.4) is 0 Å². The predicted octanol–water partition coefficient (Wildman–Crippen LogP) is 3.97. The number of anilines is 2. The molecular weight excluding hydrogens is 322 g/mol. The number of aromatic nitrogens is 3. The Labute approximate surface area is 145 Å². The minimum Gasteiger partial charge on any atom is -0.366 e. The minimum absolute atomic E-state index is 0.0895. The van der Waals surface area contributed by atoms with Crippen LogP contribution in [0.15, 0.2) is 48.5 Å². The standard InChI is InChI=1S/C18H18ClN5/c1-11-3-2-4-13(9-11)16-10-15(12-5-7-14(19)8-6-12)21-18-22-17(20)23-24(16)18/h2-9,15-16H,10H2,1H3,(H3,20,21,22,23)/t15-,16+/m1/s1. The Balaban J connectivity index is 1.76. The monoisotopic (exact) mass is 339 g/mol. The first-order valence-corrected chi connectivity index (χ1v) is 8.28. The molecule has 6 heteroatoms. The second-order valence-corrected chi connectivity index (χ2v) is 6.59. The molecule has 2 atom stereocenters. The van der Waals surface area contributed by atoms with E-state index >= 15 is 0 Å². The van der Waals surface area contributed by atoms with Crippen molar-refractivity contribution in [3.8, 4) is 0 Å². The van der Waals surface area contributed by atoms with Gasteiger partial charge >= 0.3 is 0 Å². The molecule has 0 saturated heterocycles. The van der Waals surface area contributed by atoms with Gasteiger partial charge in [0, 0.05) is 5.02 Å². The molecule has 0 spiro atoms. The Morgan fingerprint density at radius 3 is 2.71 bits per heavy atom. The molecule has 0 bridgehead atoms. The largest absolute Gasteiger partial charge is 0.366 e. The molecule has 0 amide bonds. The smallest absolute Gasteiger partial charge is 0.241 e. The van der Waals surface area contributed by atoms with Crippen LogP contribution in [-0.2, 0) is 0 Å². The highest BCUT2D eigenvalue weighted by Gasteiger charge is 2.30. The van der Waals surface area contributed by atoms with Crippen molar-refractivity contribution in [3.05, 3.63) is 70.2 Å². The van der Waals surface area contributed by atoms with Crippen molar-refractivity contribution in [1.82, 2.24) is 14.8 Å². The van der Waals surface area contributed by atoms with E-state index in [4.69, 9.17) is 17.3 Å². The molecule has 1 aliphatic heterocycles. The Hall–Kier alpha value is -2.53. The van der Waals surface area contributed by atoms with Crippen LogP contribution in [0.4, 0.5) is 11.9 Å². The zero-order valence-corrected chi connectivity index (χ0v) is 14.0. The zero-order valence-electron chi connectivity index (χ0n) is 13.3. The molecule has 5 nitrogen and oxygen atoms in total. The van der Waals surface area contributed by atoms with E-state index in [2.05, 4.69) is 46.6 Å². The predicted molar refractivity (Wildman–Crippen MR) is 96.2 cm³/mol. The van der Waals surface area contributed by atoms with Gasteiger partial charge in [0.1, 0.15) is 0 Å². The molecule has 0 radical (unpaired) electrons. The number of halogens is 1. The van der Waals surface area contributed by atoms with Crippen LogP contribution < -0.4 is 11.1 Å². The van der Waals surface area contributed by atoms with Gasteiger partial charge in [0.15, 0.2) is 0 Å². The fourth-order valence-corrected chi connectivity index (χ4v) is 3.39. The summed E-state index contributed by atoms with van der Waals surface area (Å²) in [4.78, 5) is 4.34. The van der Waals surface area contributed by atoms with Crippen molar-refractivity contribution >= 4 is 23.5 Å². The number of nitrogens with zero attached hydrogens (tertiary/aromatic N) is 3. The molecule has 24 heavy (non-hydrogen) atoms. The third-order valence-electron chi connectivity index (χ3n) is 4.40. The van der Waals surface area contributed by atoms with Crippen LogP contribution in [0.25, 0.3) is 0 Å². The van der Waals surface area contributed by atoms with Crippen LogP contribution in [-0.4, -0.2) is 14.8 Å². The van der Waals surface area contributed by atoms with Gasteiger partial charge in [0.05, 0.1) is 12.1 Å². The number of nitrogens with one attached hydrogen (secondary N) is 1. The summed E-state index contributed by atoms with van der Waals surface area (Å²) in [6, 6.07) is 16.6. The lowest BCUT2D eigenvalue weighted by Crippen LogP contribution is -2.28. The number of rotatable bonds is 2. The van der Waals surface area contributed by atoms with Crippen molar-refractivity contribution in [3.63, 3.8) is 0 Å². The van der Waals surface area contributed by atoms with Gasteiger partial charge in [-0.25, -0.2) is 4.68 Å². The first kappa shape index (κ1) is 15.0. The van der Waals surface area contributed by atoms with E-state index in [-0.39, 0.29) is 18.0 Å². The van der Waals surface area contributed by atoms with Crippen molar-refractivity contribution in [2.45, 2.75) is 25.4 Å². The zero-order chi connectivity index (χ0) is 16.7. The fraction of sp³-hybridized carbons (Fsp3) is 0.222. The molecule has 4 rings (SSSR count). The summed E-state index contributed by atoms with van der Waals surface area (Å²) < 4.78 is 1.89. The molecule has 0 saturated carbocycles. The molecule has 1 aromatic heterocycles. The highest BCUT2D eigenvalue weighted by atomic mass is 35.5. The van der Waals surface area contributed by atoms with Gasteiger partial charge in [-0.1, -0.05) is 53.6 Å². The van der Waals surface area contributed by atoms with Gasteiger partial charge in [0.2, 0.25) is 11.9 Å². The highest BCUT2D eigenvalue weighted by molar-refractivity contribution is 6.30. The third-order valence-corrected chi connectivity index (χ3v) is 4.66. The Bertz CT molecular complexity index is 871. The fourth-order valence-electron chi connectivity index (χ4n) is 3.26. The van der Waals surface area contributed by atoms with Gasteiger partial charge in [-0.2, -0.15) is 4.98 Å². The summed E-state index contributed by atoms with van der Waals surface area (Å²) in [5.74, 6) is 0.983. The normalized spacial score (nSPS) is 19.6. The number of nitrogens with two attached hydrogens (primary N) is 1. The van der Waals surface area contributed by atoms with Crippen molar-refractivity contribution in [2.24, 2.45) is 0 Å². The average Bonchev–Trinajstić information content (AvgIpc) is 2.94. The molecule has 0 aliphatic carbocycles. The molecule has 3 N–H and O–H groups in total. The number of fused-ring (bicyclic) bond motifs is 1. The van der Waals surface area contributed by atoms with Crippen LogP contribution in [0, 0.1) is 6.92 Å². The van der Waals surface area contributed by atoms with E-state index in [9.17, 15) is 0 Å².